The predicted molar refractivity (Wildman–Crippen MR) is 108 cm³/mol. The molecule has 1 atom stereocenters. The van der Waals surface area contributed by atoms with Crippen molar-refractivity contribution in [1.82, 2.24) is 25.4 Å². The fourth-order valence-electron chi connectivity index (χ4n) is 4.03. The fourth-order valence-corrected chi connectivity index (χ4v) is 4.03. The summed E-state index contributed by atoms with van der Waals surface area (Å²) < 4.78 is 7.74. The van der Waals surface area contributed by atoms with Crippen LogP contribution in [-0.2, 0) is 18.3 Å². The largest absolute Gasteiger partial charge is 0.376 e. The summed E-state index contributed by atoms with van der Waals surface area (Å²) in [5, 5.41) is 15.5. The Labute approximate surface area is 163 Å². The molecule has 0 bridgehead atoms. The topological polar surface area (TPSA) is 76.4 Å². The van der Waals surface area contributed by atoms with Crippen molar-refractivity contribution in [3.63, 3.8) is 0 Å². The van der Waals surface area contributed by atoms with E-state index in [4.69, 9.17) is 9.73 Å². The average Bonchev–Trinajstić information content (AvgIpc) is 3.29. The Morgan fingerprint density at radius 1 is 1.22 bits per heavy atom. The van der Waals surface area contributed by atoms with Gasteiger partial charge in [0.05, 0.1) is 6.10 Å². The minimum absolute atomic E-state index is 0.297. The van der Waals surface area contributed by atoms with Crippen LogP contribution in [-0.4, -0.2) is 46.0 Å². The third-order valence-corrected chi connectivity index (χ3v) is 6.14. The highest BCUT2D eigenvalue weighted by molar-refractivity contribution is 5.80. The first-order valence-electron chi connectivity index (χ1n) is 10.5. The minimum Gasteiger partial charge on any atom is -0.376 e. The molecule has 1 aliphatic carbocycles. The molecule has 0 aromatic carbocycles. The molecular weight excluding hydrogens is 340 g/mol. The highest BCUT2D eigenvalue weighted by Gasteiger charge is 2.24. The van der Waals surface area contributed by atoms with Gasteiger partial charge >= 0.3 is 0 Å². The van der Waals surface area contributed by atoms with Crippen molar-refractivity contribution in [3.8, 4) is 0 Å². The Hall–Kier alpha value is -1.63. The van der Waals surface area contributed by atoms with Gasteiger partial charge in [0.25, 0.3) is 0 Å². The molecule has 0 radical (unpaired) electrons. The fraction of sp³-hybridized carbons (Fsp3) is 0.850. The molecule has 1 saturated carbocycles. The van der Waals surface area contributed by atoms with E-state index in [9.17, 15) is 0 Å². The lowest BCUT2D eigenvalue weighted by Gasteiger charge is -2.32. The molecule has 7 nitrogen and oxygen atoms in total. The van der Waals surface area contributed by atoms with Gasteiger partial charge in [-0.2, -0.15) is 0 Å². The number of ether oxygens (including phenoxy) is 1. The van der Waals surface area contributed by atoms with Crippen LogP contribution in [0.15, 0.2) is 4.99 Å². The van der Waals surface area contributed by atoms with Crippen LogP contribution >= 0.6 is 0 Å². The molecule has 0 spiro atoms. The number of aryl methyl sites for hydroxylation is 1. The molecule has 1 aromatic rings. The summed E-state index contributed by atoms with van der Waals surface area (Å²) in [5.74, 6) is 4.32. The second kappa shape index (κ2) is 9.53. The van der Waals surface area contributed by atoms with Gasteiger partial charge in [0, 0.05) is 26.2 Å². The Morgan fingerprint density at radius 3 is 2.59 bits per heavy atom. The molecule has 27 heavy (non-hydrogen) atoms. The molecule has 1 aliphatic heterocycles. The van der Waals surface area contributed by atoms with Crippen molar-refractivity contribution in [3.05, 3.63) is 11.6 Å². The van der Waals surface area contributed by atoms with Gasteiger partial charge in [-0.05, 0) is 57.3 Å². The number of hydrogen-bond acceptors (Lipinski definition) is 4. The first-order chi connectivity index (χ1) is 13.0. The molecule has 2 heterocycles. The molecule has 152 valence electrons. The first kappa shape index (κ1) is 20.1. The molecule has 2 aliphatic rings. The molecule has 1 unspecified atom stereocenters. The van der Waals surface area contributed by atoms with E-state index in [1.165, 1.54) is 25.7 Å². The zero-order chi connectivity index (χ0) is 19.2. The maximum Gasteiger partial charge on any atom is 0.192 e. The molecule has 3 rings (SSSR count). The molecular formula is C20H36N6O. The van der Waals surface area contributed by atoms with E-state index in [1.807, 2.05) is 18.5 Å². The molecule has 1 aromatic heterocycles. The van der Waals surface area contributed by atoms with Gasteiger partial charge in [-0.25, -0.2) is 4.99 Å². The molecule has 0 amide bonds. The molecule has 1 saturated heterocycles. The number of hydrogen-bond donors (Lipinski definition) is 2. The van der Waals surface area contributed by atoms with Crippen LogP contribution in [0.4, 0.5) is 0 Å². The number of nitrogens with zero attached hydrogens (tertiary/aromatic N) is 4. The van der Waals surface area contributed by atoms with Gasteiger partial charge in [-0.3, -0.25) is 0 Å². The lowest BCUT2D eigenvalue weighted by Crippen LogP contribution is -2.47. The number of rotatable bonds is 6. The molecule has 2 N–H and O–H groups in total. The summed E-state index contributed by atoms with van der Waals surface area (Å²) in [4.78, 5) is 4.79. The van der Waals surface area contributed by atoms with Crippen LogP contribution in [0.5, 0.6) is 0 Å². The lowest BCUT2D eigenvalue weighted by molar-refractivity contribution is 0.113. The highest BCUT2D eigenvalue weighted by Crippen LogP contribution is 2.29. The van der Waals surface area contributed by atoms with E-state index in [-0.39, 0.29) is 0 Å². The predicted octanol–water partition coefficient (Wildman–Crippen LogP) is 2.55. The summed E-state index contributed by atoms with van der Waals surface area (Å²) in [6.45, 7) is 8.87. The van der Waals surface area contributed by atoms with E-state index < -0.39 is 0 Å². The quantitative estimate of drug-likeness (QED) is 0.589. The lowest BCUT2D eigenvalue weighted by atomic mass is 9.80. The average molecular weight is 377 g/mol. The maximum atomic E-state index is 5.75. The Morgan fingerprint density at radius 2 is 2.00 bits per heavy atom. The zero-order valence-electron chi connectivity index (χ0n) is 17.4. The number of aliphatic imine (C=N–C) groups is 1. The van der Waals surface area contributed by atoms with E-state index in [1.54, 1.807) is 0 Å². The first-order valence-corrected chi connectivity index (χ1v) is 10.5. The Bertz CT molecular complexity index is 612. The van der Waals surface area contributed by atoms with Crippen molar-refractivity contribution < 1.29 is 4.74 Å². The normalized spacial score (nSPS) is 26.6. The van der Waals surface area contributed by atoms with E-state index in [2.05, 4.69) is 34.7 Å². The summed E-state index contributed by atoms with van der Waals surface area (Å²) in [7, 11) is 1.99. The van der Waals surface area contributed by atoms with Gasteiger partial charge in [-0.15, -0.1) is 10.2 Å². The Kier molecular flexibility index (Phi) is 7.10. The minimum atomic E-state index is 0.297. The van der Waals surface area contributed by atoms with E-state index in [0.29, 0.717) is 18.7 Å². The SMILES string of the molecule is Cc1nnc(CN=C(NCC2CCCO2)NC2CCC(C(C)C)CC2)n1C. The van der Waals surface area contributed by atoms with Crippen LogP contribution < -0.4 is 10.6 Å². The summed E-state index contributed by atoms with van der Waals surface area (Å²) in [5.41, 5.74) is 0. The van der Waals surface area contributed by atoms with Gasteiger partial charge in [0.1, 0.15) is 12.4 Å². The summed E-state index contributed by atoms with van der Waals surface area (Å²) >= 11 is 0. The van der Waals surface area contributed by atoms with Gasteiger partial charge in [0.2, 0.25) is 0 Å². The molecule has 2 fully saturated rings. The Balaban J connectivity index is 1.58. The van der Waals surface area contributed by atoms with Crippen LogP contribution in [0.2, 0.25) is 0 Å². The third kappa shape index (κ3) is 5.67. The van der Waals surface area contributed by atoms with Crippen LogP contribution in [0.3, 0.4) is 0 Å². The second-order valence-electron chi connectivity index (χ2n) is 8.40. The van der Waals surface area contributed by atoms with Crippen molar-refractivity contribution in [2.45, 2.75) is 78.0 Å². The van der Waals surface area contributed by atoms with Crippen molar-refractivity contribution in [2.75, 3.05) is 13.2 Å². The van der Waals surface area contributed by atoms with E-state index in [0.717, 1.165) is 55.4 Å². The highest BCUT2D eigenvalue weighted by atomic mass is 16.5. The number of nitrogens with one attached hydrogen (secondary N) is 2. The van der Waals surface area contributed by atoms with Crippen LogP contribution in [0, 0.1) is 18.8 Å². The van der Waals surface area contributed by atoms with E-state index >= 15 is 0 Å². The van der Waals surface area contributed by atoms with Crippen molar-refractivity contribution >= 4 is 5.96 Å². The summed E-state index contributed by atoms with van der Waals surface area (Å²) in [6.07, 6.45) is 7.62. The third-order valence-electron chi connectivity index (χ3n) is 6.14. The van der Waals surface area contributed by atoms with Gasteiger partial charge in [0.15, 0.2) is 11.8 Å². The standard InChI is InChI=1S/C20H36N6O/c1-14(2)16-7-9-17(10-8-16)23-20(21-12-18-6-5-11-27-18)22-13-19-25-24-15(3)26(19)4/h14,16-18H,5-13H2,1-4H3,(H2,21,22,23). The van der Waals surface area contributed by atoms with Crippen LogP contribution in [0.1, 0.15) is 64.0 Å². The number of guanidine groups is 1. The maximum absolute atomic E-state index is 5.75. The van der Waals surface area contributed by atoms with Crippen molar-refractivity contribution in [2.24, 2.45) is 23.9 Å². The number of aromatic nitrogens is 3. The van der Waals surface area contributed by atoms with Gasteiger partial charge < -0.3 is 19.9 Å². The smallest absolute Gasteiger partial charge is 0.192 e. The summed E-state index contributed by atoms with van der Waals surface area (Å²) in [6, 6.07) is 0.497. The van der Waals surface area contributed by atoms with Gasteiger partial charge in [-0.1, -0.05) is 13.8 Å². The monoisotopic (exact) mass is 376 g/mol. The van der Waals surface area contributed by atoms with Crippen LogP contribution in [0.25, 0.3) is 0 Å². The van der Waals surface area contributed by atoms with Crippen molar-refractivity contribution in [1.29, 1.82) is 0 Å². The second-order valence-corrected chi connectivity index (χ2v) is 8.40. The molecule has 7 heteroatoms. The zero-order valence-corrected chi connectivity index (χ0v) is 17.4.